The maximum Gasteiger partial charge on any atom is 0.0953 e. The van der Waals surface area contributed by atoms with Crippen molar-refractivity contribution in [2.45, 2.75) is 12.5 Å². The van der Waals surface area contributed by atoms with Crippen LogP contribution in [0.1, 0.15) is 22.9 Å². The fourth-order valence-corrected chi connectivity index (χ4v) is 3.89. The third-order valence-electron chi connectivity index (χ3n) is 4.79. The van der Waals surface area contributed by atoms with Crippen molar-refractivity contribution in [3.05, 3.63) is 83.7 Å². The molecule has 0 fully saturated rings. The summed E-state index contributed by atoms with van der Waals surface area (Å²) in [6.45, 7) is 1.09. The van der Waals surface area contributed by atoms with Gasteiger partial charge in [0.25, 0.3) is 0 Å². The second-order valence-corrected chi connectivity index (χ2v) is 5.84. The summed E-state index contributed by atoms with van der Waals surface area (Å²) in [4.78, 5) is 2.56. The first-order chi connectivity index (χ1) is 10.4. The lowest BCUT2D eigenvalue weighted by atomic mass is 9.88. The molecule has 0 amide bonds. The monoisotopic (exact) mass is 272 g/mol. The number of fused-ring (bicyclic) bond motifs is 8. The van der Waals surface area contributed by atoms with E-state index in [4.69, 9.17) is 0 Å². The molecule has 0 bridgehead atoms. The Morgan fingerprint density at radius 1 is 0.810 bits per heavy atom. The molecule has 0 saturated carbocycles. The number of benzene rings is 2. The van der Waals surface area contributed by atoms with Crippen molar-refractivity contribution < 1.29 is 0 Å². The molecule has 0 spiro atoms. The van der Waals surface area contributed by atoms with Gasteiger partial charge in [-0.2, -0.15) is 0 Å². The standard InChI is InChI=1S/C19H16N2/c1-2-7-15-14(6-1)11-13-21-17-9-4-3-8-16(17)20-12-5-10-18(20)19(15)21/h1-10,12,19H,11,13H2. The molecule has 2 heteroatoms. The average molecular weight is 272 g/mol. The van der Waals surface area contributed by atoms with E-state index in [1.54, 1.807) is 0 Å². The van der Waals surface area contributed by atoms with E-state index in [9.17, 15) is 0 Å². The van der Waals surface area contributed by atoms with Gasteiger partial charge in [0.05, 0.1) is 17.4 Å². The summed E-state index contributed by atoms with van der Waals surface area (Å²) in [5.74, 6) is 0. The molecule has 21 heavy (non-hydrogen) atoms. The number of para-hydroxylation sites is 2. The van der Waals surface area contributed by atoms with E-state index in [-0.39, 0.29) is 0 Å². The lowest BCUT2D eigenvalue weighted by Crippen LogP contribution is -2.40. The molecule has 2 aliphatic heterocycles. The first kappa shape index (κ1) is 11.2. The molecule has 3 aromatic rings. The van der Waals surface area contributed by atoms with Gasteiger partial charge in [-0.1, -0.05) is 36.4 Å². The van der Waals surface area contributed by atoms with E-state index < -0.39 is 0 Å². The van der Waals surface area contributed by atoms with Gasteiger partial charge in [-0.05, 0) is 41.8 Å². The fraction of sp³-hybridized carbons (Fsp3) is 0.158. The molecule has 1 unspecified atom stereocenters. The molecule has 0 aliphatic carbocycles. The highest BCUT2D eigenvalue weighted by atomic mass is 15.2. The molecular formula is C19H16N2. The van der Waals surface area contributed by atoms with Crippen molar-refractivity contribution in [1.29, 1.82) is 0 Å². The van der Waals surface area contributed by atoms with Crippen LogP contribution in [0.2, 0.25) is 0 Å². The first-order valence-corrected chi connectivity index (χ1v) is 7.54. The molecule has 1 aromatic heterocycles. The Morgan fingerprint density at radius 2 is 1.62 bits per heavy atom. The van der Waals surface area contributed by atoms with Crippen molar-refractivity contribution >= 4 is 5.69 Å². The predicted octanol–water partition coefficient (Wildman–Crippen LogP) is 3.94. The van der Waals surface area contributed by atoms with Gasteiger partial charge in [-0.3, -0.25) is 0 Å². The van der Waals surface area contributed by atoms with Crippen molar-refractivity contribution in [3.63, 3.8) is 0 Å². The van der Waals surface area contributed by atoms with E-state index in [1.165, 1.54) is 28.2 Å². The third kappa shape index (κ3) is 1.42. The number of hydrogen-bond donors (Lipinski definition) is 0. The molecule has 0 N–H and O–H groups in total. The summed E-state index contributed by atoms with van der Waals surface area (Å²) in [6, 6.07) is 22.4. The smallest absolute Gasteiger partial charge is 0.0953 e. The number of hydrogen-bond acceptors (Lipinski definition) is 1. The largest absolute Gasteiger partial charge is 0.357 e. The maximum absolute atomic E-state index is 2.56. The summed E-state index contributed by atoms with van der Waals surface area (Å²) >= 11 is 0. The van der Waals surface area contributed by atoms with Crippen LogP contribution in [-0.2, 0) is 6.42 Å². The van der Waals surface area contributed by atoms with E-state index in [0.717, 1.165) is 13.0 Å². The van der Waals surface area contributed by atoms with Crippen molar-refractivity contribution in [3.8, 4) is 5.69 Å². The van der Waals surface area contributed by atoms with Crippen LogP contribution in [0.25, 0.3) is 5.69 Å². The van der Waals surface area contributed by atoms with Crippen LogP contribution in [0.5, 0.6) is 0 Å². The minimum absolute atomic E-state index is 0.347. The van der Waals surface area contributed by atoms with Crippen LogP contribution in [0.3, 0.4) is 0 Å². The fourth-order valence-electron chi connectivity index (χ4n) is 3.89. The van der Waals surface area contributed by atoms with Crippen molar-refractivity contribution in [1.82, 2.24) is 4.57 Å². The van der Waals surface area contributed by atoms with E-state index in [2.05, 4.69) is 76.3 Å². The summed E-state index contributed by atoms with van der Waals surface area (Å²) < 4.78 is 2.35. The third-order valence-corrected chi connectivity index (χ3v) is 4.79. The molecular weight excluding hydrogens is 256 g/mol. The Kier molecular flexibility index (Phi) is 2.14. The Labute approximate surface area is 124 Å². The SMILES string of the molecule is c1ccc2c(c1)CCN1c3ccccc3-n3cccc3C21. The topological polar surface area (TPSA) is 8.17 Å². The summed E-state index contributed by atoms with van der Waals surface area (Å²) in [5.41, 5.74) is 6.97. The van der Waals surface area contributed by atoms with Gasteiger partial charge < -0.3 is 9.47 Å². The lowest BCUT2D eigenvalue weighted by molar-refractivity contribution is 0.610. The van der Waals surface area contributed by atoms with Crippen molar-refractivity contribution in [2.24, 2.45) is 0 Å². The minimum atomic E-state index is 0.347. The van der Waals surface area contributed by atoms with Crippen LogP contribution >= 0.6 is 0 Å². The van der Waals surface area contributed by atoms with Crippen LogP contribution in [-0.4, -0.2) is 11.1 Å². The summed E-state index contributed by atoms with van der Waals surface area (Å²) in [7, 11) is 0. The highest BCUT2D eigenvalue weighted by Gasteiger charge is 2.35. The van der Waals surface area contributed by atoms with E-state index in [0.29, 0.717) is 6.04 Å². The number of rotatable bonds is 0. The predicted molar refractivity (Wildman–Crippen MR) is 85.1 cm³/mol. The van der Waals surface area contributed by atoms with Gasteiger partial charge in [0.1, 0.15) is 0 Å². The Morgan fingerprint density at radius 3 is 2.57 bits per heavy atom. The van der Waals surface area contributed by atoms with Gasteiger partial charge in [0.2, 0.25) is 0 Å². The van der Waals surface area contributed by atoms with Crippen LogP contribution in [0.15, 0.2) is 66.9 Å². The molecule has 2 aromatic carbocycles. The zero-order chi connectivity index (χ0) is 13.8. The molecule has 5 rings (SSSR count). The van der Waals surface area contributed by atoms with Crippen molar-refractivity contribution in [2.75, 3.05) is 11.4 Å². The molecule has 0 saturated heterocycles. The van der Waals surface area contributed by atoms with Gasteiger partial charge >= 0.3 is 0 Å². The molecule has 2 nitrogen and oxygen atoms in total. The van der Waals surface area contributed by atoms with E-state index in [1.807, 2.05) is 0 Å². The van der Waals surface area contributed by atoms with Gasteiger partial charge in [0, 0.05) is 18.4 Å². The normalized spacial score (nSPS) is 18.5. The number of aromatic nitrogens is 1. The molecule has 102 valence electrons. The lowest BCUT2D eigenvalue weighted by Gasteiger charge is -2.43. The zero-order valence-electron chi connectivity index (χ0n) is 11.7. The number of anilines is 1. The maximum atomic E-state index is 2.56. The molecule has 2 aliphatic rings. The molecule has 1 atom stereocenters. The van der Waals surface area contributed by atoms with Crippen LogP contribution in [0, 0.1) is 0 Å². The minimum Gasteiger partial charge on any atom is -0.357 e. The van der Waals surface area contributed by atoms with Gasteiger partial charge in [-0.25, -0.2) is 0 Å². The molecule has 0 radical (unpaired) electrons. The second-order valence-electron chi connectivity index (χ2n) is 5.84. The Balaban J connectivity index is 1.82. The second kappa shape index (κ2) is 4.01. The van der Waals surface area contributed by atoms with E-state index >= 15 is 0 Å². The zero-order valence-corrected chi connectivity index (χ0v) is 11.7. The van der Waals surface area contributed by atoms with Crippen LogP contribution in [0.4, 0.5) is 5.69 Å². The first-order valence-electron chi connectivity index (χ1n) is 7.54. The summed E-state index contributed by atoms with van der Waals surface area (Å²) in [5, 5.41) is 0. The highest BCUT2D eigenvalue weighted by molar-refractivity contribution is 5.70. The van der Waals surface area contributed by atoms with Gasteiger partial charge in [-0.15, -0.1) is 0 Å². The quantitative estimate of drug-likeness (QED) is 0.601. The average Bonchev–Trinajstić information content (AvgIpc) is 3.04. The molecule has 3 heterocycles. The summed E-state index contributed by atoms with van der Waals surface area (Å²) in [6.07, 6.45) is 3.31. The Hall–Kier alpha value is -2.48. The number of nitrogens with zero attached hydrogens (tertiary/aromatic N) is 2. The highest BCUT2D eigenvalue weighted by Crippen LogP contribution is 2.44. The van der Waals surface area contributed by atoms with Gasteiger partial charge in [0.15, 0.2) is 0 Å². The Bertz CT molecular complexity index is 831. The van der Waals surface area contributed by atoms with Crippen LogP contribution < -0.4 is 4.90 Å².